The molecule has 2 N–H and O–H groups in total. The molecule has 0 aromatic rings. The number of hydrogen-bond acceptors (Lipinski definition) is 3. The number of hydrogen-bond donors (Lipinski definition) is 1. The van der Waals surface area contributed by atoms with Crippen molar-refractivity contribution in [2.45, 2.75) is 37.6 Å². The van der Waals surface area contributed by atoms with Crippen molar-refractivity contribution in [2.24, 2.45) is 5.73 Å². The van der Waals surface area contributed by atoms with Crippen LogP contribution in [-0.2, 0) is 4.74 Å². The highest BCUT2D eigenvalue weighted by atomic mass is 16.5. The van der Waals surface area contributed by atoms with E-state index in [4.69, 9.17) is 10.5 Å². The van der Waals surface area contributed by atoms with Gasteiger partial charge < -0.3 is 15.4 Å². The van der Waals surface area contributed by atoms with E-state index < -0.39 is 0 Å². The SMILES string of the molecule is NC1(CCN2CCCOCC2)CCC1. The predicted molar refractivity (Wildman–Crippen MR) is 57.3 cm³/mol. The van der Waals surface area contributed by atoms with E-state index in [1.165, 1.54) is 45.2 Å². The van der Waals surface area contributed by atoms with Crippen LogP contribution in [0.3, 0.4) is 0 Å². The molecule has 1 aliphatic heterocycles. The van der Waals surface area contributed by atoms with Gasteiger partial charge in [-0.1, -0.05) is 0 Å². The van der Waals surface area contributed by atoms with E-state index in [0.717, 1.165) is 19.8 Å². The molecule has 82 valence electrons. The summed E-state index contributed by atoms with van der Waals surface area (Å²) in [4.78, 5) is 2.50. The van der Waals surface area contributed by atoms with Gasteiger partial charge in [-0.3, -0.25) is 0 Å². The van der Waals surface area contributed by atoms with Crippen LogP contribution in [0.25, 0.3) is 0 Å². The molecule has 0 aromatic heterocycles. The van der Waals surface area contributed by atoms with Gasteiger partial charge in [0.05, 0.1) is 6.61 Å². The highest BCUT2D eigenvalue weighted by molar-refractivity contribution is 4.93. The molecule has 0 radical (unpaired) electrons. The molecule has 2 fully saturated rings. The Labute approximate surface area is 86.6 Å². The van der Waals surface area contributed by atoms with Crippen LogP contribution in [0.15, 0.2) is 0 Å². The lowest BCUT2D eigenvalue weighted by Crippen LogP contribution is -2.48. The Morgan fingerprint density at radius 1 is 1.14 bits per heavy atom. The first-order chi connectivity index (χ1) is 6.79. The average molecular weight is 198 g/mol. The van der Waals surface area contributed by atoms with E-state index in [9.17, 15) is 0 Å². The quantitative estimate of drug-likeness (QED) is 0.734. The van der Waals surface area contributed by atoms with E-state index in [2.05, 4.69) is 4.90 Å². The van der Waals surface area contributed by atoms with Gasteiger partial charge in [0.2, 0.25) is 0 Å². The fourth-order valence-electron chi connectivity index (χ4n) is 2.28. The van der Waals surface area contributed by atoms with Crippen LogP contribution in [-0.4, -0.2) is 43.3 Å². The summed E-state index contributed by atoms with van der Waals surface area (Å²) in [6.45, 7) is 5.29. The second kappa shape index (κ2) is 4.60. The Morgan fingerprint density at radius 2 is 2.00 bits per heavy atom. The highest BCUT2D eigenvalue weighted by Crippen LogP contribution is 2.32. The molecule has 2 aliphatic rings. The van der Waals surface area contributed by atoms with Crippen molar-refractivity contribution >= 4 is 0 Å². The van der Waals surface area contributed by atoms with Gasteiger partial charge in [0.1, 0.15) is 0 Å². The van der Waals surface area contributed by atoms with Gasteiger partial charge in [-0.15, -0.1) is 0 Å². The Kier molecular flexibility index (Phi) is 3.42. The molecule has 3 nitrogen and oxygen atoms in total. The van der Waals surface area contributed by atoms with Crippen molar-refractivity contribution in [2.75, 3.05) is 32.8 Å². The number of nitrogens with two attached hydrogens (primary N) is 1. The van der Waals surface area contributed by atoms with Gasteiger partial charge >= 0.3 is 0 Å². The Balaban J connectivity index is 1.68. The second-order valence-corrected chi connectivity index (χ2v) is 4.77. The standard InChI is InChI=1S/C11H22N2O/c12-11(3-1-4-11)5-7-13-6-2-9-14-10-8-13/h1-10,12H2. The molecule has 1 saturated carbocycles. The highest BCUT2D eigenvalue weighted by Gasteiger charge is 2.32. The fourth-order valence-corrected chi connectivity index (χ4v) is 2.28. The van der Waals surface area contributed by atoms with Crippen molar-refractivity contribution in [3.63, 3.8) is 0 Å². The zero-order chi connectivity index (χ0) is 9.86. The molecule has 1 saturated heterocycles. The smallest absolute Gasteiger partial charge is 0.0593 e. The zero-order valence-electron chi connectivity index (χ0n) is 9.00. The summed E-state index contributed by atoms with van der Waals surface area (Å²) in [6, 6.07) is 0. The van der Waals surface area contributed by atoms with E-state index >= 15 is 0 Å². The molecule has 0 unspecified atom stereocenters. The Bertz CT molecular complexity index is 172. The minimum absolute atomic E-state index is 0.188. The van der Waals surface area contributed by atoms with Crippen molar-refractivity contribution in [1.82, 2.24) is 4.90 Å². The molecule has 0 bridgehead atoms. The van der Waals surface area contributed by atoms with Crippen molar-refractivity contribution in [3.8, 4) is 0 Å². The van der Waals surface area contributed by atoms with Gasteiger partial charge in [0.15, 0.2) is 0 Å². The zero-order valence-corrected chi connectivity index (χ0v) is 9.00. The molecule has 1 heterocycles. The van der Waals surface area contributed by atoms with E-state index in [1.807, 2.05) is 0 Å². The lowest BCUT2D eigenvalue weighted by molar-refractivity contribution is 0.135. The summed E-state index contributed by atoms with van der Waals surface area (Å²) in [6.07, 6.45) is 6.15. The average Bonchev–Trinajstić information content (AvgIpc) is 2.40. The van der Waals surface area contributed by atoms with Crippen molar-refractivity contribution in [3.05, 3.63) is 0 Å². The largest absolute Gasteiger partial charge is 0.380 e. The third kappa shape index (κ3) is 2.69. The lowest BCUT2D eigenvalue weighted by Gasteiger charge is -2.39. The maximum absolute atomic E-state index is 6.20. The molecule has 0 spiro atoms. The molecule has 0 aromatic carbocycles. The lowest BCUT2D eigenvalue weighted by atomic mass is 9.75. The molecule has 14 heavy (non-hydrogen) atoms. The second-order valence-electron chi connectivity index (χ2n) is 4.77. The first-order valence-corrected chi connectivity index (χ1v) is 5.88. The molecule has 3 heteroatoms. The Morgan fingerprint density at radius 3 is 2.71 bits per heavy atom. The van der Waals surface area contributed by atoms with Crippen LogP contribution in [0.1, 0.15) is 32.1 Å². The van der Waals surface area contributed by atoms with Crippen LogP contribution in [0, 0.1) is 0 Å². The van der Waals surface area contributed by atoms with Gasteiger partial charge in [-0.2, -0.15) is 0 Å². The van der Waals surface area contributed by atoms with E-state index in [0.29, 0.717) is 0 Å². The van der Waals surface area contributed by atoms with Crippen LogP contribution in [0.5, 0.6) is 0 Å². The van der Waals surface area contributed by atoms with Crippen LogP contribution in [0.4, 0.5) is 0 Å². The van der Waals surface area contributed by atoms with Gasteiger partial charge in [-0.05, 0) is 38.6 Å². The molecule has 1 aliphatic carbocycles. The normalized spacial score (nSPS) is 28.1. The number of nitrogens with zero attached hydrogens (tertiary/aromatic N) is 1. The molecule has 2 rings (SSSR count). The predicted octanol–water partition coefficient (Wildman–Crippen LogP) is 0.980. The van der Waals surface area contributed by atoms with Gasteiger partial charge in [0, 0.05) is 25.2 Å². The van der Waals surface area contributed by atoms with Crippen LogP contribution >= 0.6 is 0 Å². The minimum Gasteiger partial charge on any atom is -0.380 e. The Hall–Kier alpha value is -0.120. The minimum atomic E-state index is 0.188. The topological polar surface area (TPSA) is 38.5 Å². The molecular weight excluding hydrogens is 176 g/mol. The summed E-state index contributed by atoms with van der Waals surface area (Å²) in [5, 5.41) is 0. The van der Waals surface area contributed by atoms with Gasteiger partial charge in [-0.25, -0.2) is 0 Å². The number of rotatable bonds is 3. The third-order valence-corrected chi connectivity index (χ3v) is 3.59. The summed E-state index contributed by atoms with van der Waals surface area (Å²) >= 11 is 0. The molecule has 0 atom stereocenters. The molecule has 0 amide bonds. The monoisotopic (exact) mass is 198 g/mol. The fraction of sp³-hybridized carbons (Fsp3) is 1.00. The van der Waals surface area contributed by atoms with E-state index in [-0.39, 0.29) is 5.54 Å². The van der Waals surface area contributed by atoms with Crippen molar-refractivity contribution in [1.29, 1.82) is 0 Å². The van der Waals surface area contributed by atoms with Gasteiger partial charge in [0.25, 0.3) is 0 Å². The summed E-state index contributed by atoms with van der Waals surface area (Å²) in [5.74, 6) is 0. The summed E-state index contributed by atoms with van der Waals surface area (Å²) in [7, 11) is 0. The first-order valence-electron chi connectivity index (χ1n) is 5.88. The van der Waals surface area contributed by atoms with Crippen LogP contribution in [0.2, 0.25) is 0 Å². The maximum Gasteiger partial charge on any atom is 0.0593 e. The summed E-state index contributed by atoms with van der Waals surface area (Å²) < 4.78 is 5.42. The first kappa shape index (κ1) is 10.4. The van der Waals surface area contributed by atoms with Crippen molar-refractivity contribution < 1.29 is 4.74 Å². The molecular formula is C11H22N2O. The van der Waals surface area contributed by atoms with E-state index in [1.54, 1.807) is 0 Å². The van der Waals surface area contributed by atoms with Crippen LogP contribution < -0.4 is 5.73 Å². The maximum atomic E-state index is 6.20. The summed E-state index contributed by atoms with van der Waals surface area (Å²) in [5.41, 5.74) is 6.39. The third-order valence-electron chi connectivity index (χ3n) is 3.59. The number of ether oxygens (including phenoxy) is 1.